The van der Waals surface area contributed by atoms with Crippen LogP contribution in [0.3, 0.4) is 0 Å². The van der Waals surface area contributed by atoms with E-state index in [9.17, 15) is 24.8 Å². The summed E-state index contributed by atoms with van der Waals surface area (Å²) >= 11 is 0. The number of rotatable bonds is 5. The smallest absolute Gasteiger partial charge is 0.328 e. The van der Waals surface area contributed by atoms with Crippen LogP contribution < -0.4 is 0 Å². The number of unbranched alkanes of at least 4 members (excludes halogenated alkanes) is 1. The number of phenolic OH excluding ortho intramolecular Hbond substituents is 1. The molecule has 5 rings (SSSR count). The first-order valence-corrected chi connectivity index (χ1v) is 10.6. The van der Waals surface area contributed by atoms with Crippen LogP contribution in [0.15, 0.2) is 42.5 Å². The Hall–Kier alpha value is -3.88. The maximum atomic E-state index is 13.4. The number of aromatic nitrogens is 1. The zero-order valence-corrected chi connectivity index (χ0v) is 17.4. The molecule has 0 bridgehead atoms. The Morgan fingerprint density at radius 3 is 2.75 bits per heavy atom. The minimum Gasteiger partial charge on any atom is -0.508 e. The van der Waals surface area contributed by atoms with Crippen molar-refractivity contribution in [1.82, 2.24) is 14.8 Å². The number of fused-ring (bicyclic) bond motifs is 4. The highest BCUT2D eigenvalue weighted by Gasteiger charge is 2.52. The summed E-state index contributed by atoms with van der Waals surface area (Å²) < 4.78 is 0. The molecule has 2 atom stereocenters. The monoisotopic (exact) mass is 434 g/mol. The van der Waals surface area contributed by atoms with Gasteiger partial charge in [-0.25, -0.2) is 4.79 Å². The Balaban J connectivity index is 1.73. The number of para-hydroxylation sites is 1. The van der Waals surface area contributed by atoms with E-state index in [4.69, 9.17) is 0 Å². The maximum Gasteiger partial charge on any atom is 0.328 e. The first kappa shape index (κ1) is 20.0. The van der Waals surface area contributed by atoms with Gasteiger partial charge in [-0.2, -0.15) is 0 Å². The van der Waals surface area contributed by atoms with Crippen LogP contribution >= 0.6 is 0 Å². The molecular weight excluding hydrogens is 412 g/mol. The van der Waals surface area contributed by atoms with Crippen LogP contribution in [0.4, 0.5) is 10.5 Å². The van der Waals surface area contributed by atoms with Gasteiger partial charge in [0.15, 0.2) is 0 Å². The lowest BCUT2D eigenvalue weighted by Gasteiger charge is -2.36. The number of H-pyrrole nitrogens is 1. The van der Waals surface area contributed by atoms with Crippen LogP contribution in [0.2, 0.25) is 0 Å². The first-order chi connectivity index (χ1) is 15.4. The number of imide groups is 1. The predicted octanol–water partition coefficient (Wildman–Crippen LogP) is 3.86. The molecule has 3 heterocycles. The normalized spacial score (nSPS) is 20.0. The number of carbonyl (C=O) groups is 2. The van der Waals surface area contributed by atoms with Gasteiger partial charge in [-0.1, -0.05) is 31.5 Å². The summed E-state index contributed by atoms with van der Waals surface area (Å²) in [6, 6.07) is 9.38. The number of phenols is 1. The van der Waals surface area contributed by atoms with Crippen molar-refractivity contribution in [3.05, 3.63) is 69.4 Å². The molecule has 164 valence electrons. The fourth-order valence-electron chi connectivity index (χ4n) is 4.85. The van der Waals surface area contributed by atoms with E-state index in [1.54, 1.807) is 0 Å². The fraction of sp³-hybridized carbons (Fsp3) is 0.304. The largest absolute Gasteiger partial charge is 0.508 e. The standard InChI is InChI=1S/C23H22N4O5/c1-2-3-10-25-22(29)18-12-15-14-6-4-5-7-17(14)24-20(15)21(26(18)23(25)30)16-11-13(27(31)32)8-9-19(16)28/h4-9,11,18,21,24,28H,2-3,10,12H2,1H3/t18-,21-/m1/s1. The number of non-ortho nitro benzene ring substituents is 1. The summed E-state index contributed by atoms with van der Waals surface area (Å²) in [4.78, 5) is 43.6. The van der Waals surface area contributed by atoms with E-state index in [0.717, 1.165) is 22.9 Å². The average Bonchev–Trinajstić information content (AvgIpc) is 3.26. The molecule has 9 nitrogen and oxygen atoms in total. The highest BCUT2D eigenvalue weighted by Crippen LogP contribution is 2.46. The van der Waals surface area contributed by atoms with Crippen molar-refractivity contribution in [3.8, 4) is 5.75 Å². The van der Waals surface area contributed by atoms with Gasteiger partial charge in [0.2, 0.25) is 0 Å². The van der Waals surface area contributed by atoms with E-state index in [2.05, 4.69) is 4.98 Å². The number of amides is 3. The molecule has 1 saturated heterocycles. The molecule has 32 heavy (non-hydrogen) atoms. The summed E-state index contributed by atoms with van der Waals surface area (Å²) in [5.41, 5.74) is 2.41. The third kappa shape index (κ3) is 2.84. The number of carbonyl (C=O) groups excluding carboxylic acids is 2. The minimum atomic E-state index is -0.848. The van der Waals surface area contributed by atoms with Gasteiger partial charge in [0.05, 0.1) is 4.92 Å². The lowest BCUT2D eigenvalue weighted by atomic mass is 9.88. The van der Waals surface area contributed by atoms with Crippen LogP contribution in [0.1, 0.15) is 42.6 Å². The lowest BCUT2D eigenvalue weighted by Crippen LogP contribution is -2.44. The zero-order valence-electron chi connectivity index (χ0n) is 17.4. The second-order valence-corrected chi connectivity index (χ2v) is 8.22. The molecule has 3 aromatic rings. The van der Waals surface area contributed by atoms with Crippen LogP contribution in [0.5, 0.6) is 5.75 Å². The van der Waals surface area contributed by atoms with E-state index in [-0.39, 0.29) is 22.9 Å². The van der Waals surface area contributed by atoms with Gasteiger partial charge in [-0.15, -0.1) is 0 Å². The molecule has 0 spiro atoms. The van der Waals surface area contributed by atoms with Crippen LogP contribution in [0.25, 0.3) is 10.9 Å². The van der Waals surface area contributed by atoms with Gasteiger partial charge in [0.1, 0.15) is 17.8 Å². The summed E-state index contributed by atoms with van der Waals surface area (Å²) in [5, 5.41) is 23.0. The van der Waals surface area contributed by atoms with Crippen molar-refractivity contribution in [2.45, 2.75) is 38.3 Å². The Morgan fingerprint density at radius 1 is 1.22 bits per heavy atom. The van der Waals surface area contributed by atoms with Crippen molar-refractivity contribution in [2.75, 3.05) is 6.54 Å². The van der Waals surface area contributed by atoms with Crippen LogP contribution in [-0.4, -0.2) is 49.3 Å². The van der Waals surface area contributed by atoms with Gasteiger partial charge in [-0.3, -0.25) is 24.7 Å². The number of nitrogens with one attached hydrogen (secondary N) is 1. The number of urea groups is 1. The molecule has 2 aromatic carbocycles. The molecule has 1 fully saturated rings. The van der Waals surface area contributed by atoms with Crippen molar-refractivity contribution >= 4 is 28.5 Å². The average molecular weight is 434 g/mol. The third-order valence-corrected chi connectivity index (χ3v) is 6.39. The van der Waals surface area contributed by atoms with Gasteiger partial charge in [-0.05, 0) is 24.1 Å². The van der Waals surface area contributed by atoms with E-state index in [0.29, 0.717) is 25.1 Å². The second-order valence-electron chi connectivity index (χ2n) is 8.22. The van der Waals surface area contributed by atoms with E-state index >= 15 is 0 Å². The lowest BCUT2D eigenvalue weighted by molar-refractivity contribution is -0.385. The number of nitro groups is 1. The molecule has 0 unspecified atom stereocenters. The highest BCUT2D eigenvalue weighted by molar-refractivity contribution is 6.05. The minimum absolute atomic E-state index is 0.168. The molecule has 0 saturated carbocycles. The first-order valence-electron chi connectivity index (χ1n) is 10.6. The summed E-state index contributed by atoms with van der Waals surface area (Å²) in [7, 11) is 0. The van der Waals surface area contributed by atoms with Crippen LogP contribution in [0, 0.1) is 10.1 Å². The molecule has 9 heteroatoms. The molecule has 2 N–H and O–H groups in total. The van der Waals surface area contributed by atoms with Crippen molar-refractivity contribution in [1.29, 1.82) is 0 Å². The number of benzene rings is 2. The topological polar surface area (TPSA) is 120 Å². The molecule has 3 amide bonds. The number of nitrogens with zero attached hydrogens (tertiary/aromatic N) is 3. The van der Waals surface area contributed by atoms with Crippen LogP contribution in [-0.2, 0) is 11.2 Å². The van der Waals surface area contributed by atoms with E-state index in [1.807, 2.05) is 31.2 Å². The van der Waals surface area contributed by atoms with Gasteiger partial charge in [0.25, 0.3) is 11.6 Å². The molecule has 2 aliphatic heterocycles. The maximum absolute atomic E-state index is 13.4. The molecular formula is C23H22N4O5. The highest BCUT2D eigenvalue weighted by atomic mass is 16.6. The number of hydrogen-bond donors (Lipinski definition) is 2. The zero-order chi connectivity index (χ0) is 22.6. The molecule has 2 aliphatic rings. The Labute approximate surface area is 183 Å². The molecule has 1 aromatic heterocycles. The van der Waals surface area contributed by atoms with Crippen molar-refractivity contribution in [2.24, 2.45) is 0 Å². The van der Waals surface area contributed by atoms with E-state index < -0.39 is 23.0 Å². The van der Waals surface area contributed by atoms with Gasteiger partial charge < -0.3 is 10.1 Å². The van der Waals surface area contributed by atoms with Gasteiger partial charge >= 0.3 is 6.03 Å². The quantitative estimate of drug-likeness (QED) is 0.359. The second kappa shape index (κ2) is 7.37. The third-order valence-electron chi connectivity index (χ3n) is 6.39. The molecule has 0 radical (unpaired) electrons. The number of aromatic hydroxyl groups is 1. The Kier molecular flexibility index (Phi) is 4.61. The number of hydrogen-bond acceptors (Lipinski definition) is 5. The Bertz CT molecular complexity index is 1270. The van der Waals surface area contributed by atoms with Gasteiger partial charge in [0, 0.05) is 47.3 Å². The summed E-state index contributed by atoms with van der Waals surface area (Å²) in [6.07, 6.45) is 1.87. The summed E-state index contributed by atoms with van der Waals surface area (Å²) in [6.45, 7) is 2.31. The fourth-order valence-corrected chi connectivity index (χ4v) is 4.85. The van der Waals surface area contributed by atoms with E-state index in [1.165, 1.54) is 28.0 Å². The molecule has 0 aliphatic carbocycles. The van der Waals surface area contributed by atoms with Crippen molar-refractivity contribution < 1.29 is 19.6 Å². The number of aromatic amines is 1. The van der Waals surface area contributed by atoms with Crippen molar-refractivity contribution in [3.63, 3.8) is 0 Å². The number of nitro benzene ring substituents is 1. The predicted molar refractivity (Wildman–Crippen MR) is 116 cm³/mol. The Morgan fingerprint density at radius 2 is 2.00 bits per heavy atom. The SMILES string of the molecule is CCCCN1C(=O)[C@H]2Cc3c([nH]c4ccccc34)[C@@H](c3cc([N+](=O)[O-])ccc3O)N2C1=O. The summed E-state index contributed by atoms with van der Waals surface area (Å²) in [5.74, 6) is -0.438.